The van der Waals surface area contributed by atoms with Gasteiger partial charge in [-0.3, -0.25) is 0 Å². The first-order chi connectivity index (χ1) is 8.85. The number of nitrogens with zero attached hydrogens (tertiary/aromatic N) is 1. The molecule has 0 unspecified atom stereocenters. The minimum Gasteiger partial charge on any atom is -0.374 e. The molecule has 2 heteroatoms. The highest BCUT2D eigenvalue weighted by Gasteiger charge is 2.20. The molecule has 0 aromatic heterocycles. The van der Waals surface area contributed by atoms with E-state index in [2.05, 4.69) is 63.2 Å². The van der Waals surface area contributed by atoms with Crippen molar-refractivity contribution >= 4 is 5.69 Å². The highest BCUT2D eigenvalue weighted by molar-refractivity contribution is 5.54. The topological polar surface area (TPSA) is 15.3 Å². The van der Waals surface area contributed by atoms with Gasteiger partial charge in [-0.1, -0.05) is 32.9 Å². The molecular weight excluding hydrogens is 232 g/mol. The molecule has 19 heavy (non-hydrogen) atoms. The highest BCUT2D eigenvalue weighted by atomic mass is 15.1. The van der Waals surface area contributed by atoms with Crippen LogP contribution in [0.4, 0.5) is 5.69 Å². The van der Waals surface area contributed by atoms with Crippen LogP contribution < -0.4 is 10.2 Å². The molecule has 1 aromatic rings. The van der Waals surface area contributed by atoms with Crippen LogP contribution in [0.15, 0.2) is 18.2 Å². The fourth-order valence-electron chi connectivity index (χ4n) is 2.60. The van der Waals surface area contributed by atoms with Crippen molar-refractivity contribution in [2.24, 2.45) is 5.41 Å². The fraction of sp³-hybridized carbons (Fsp3) is 0.647. The van der Waals surface area contributed by atoms with E-state index in [-0.39, 0.29) is 0 Å². The van der Waals surface area contributed by atoms with Crippen LogP contribution in [0, 0.1) is 12.3 Å². The number of hydrogen-bond donors (Lipinski definition) is 1. The summed E-state index contributed by atoms with van der Waals surface area (Å²) in [5.74, 6) is 0. The lowest BCUT2D eigenvalue weighted by atomic mass is 9.95. The number of benzene rings is 1. The quantitative estimate of drug-likeness (QED) is 0.868. The van der Waals surface area contributed by atoms with Crippen molar-refractivity contribution in [1.29, 1.82) is 0 Å². The van der Waals surface area contributed by atoms with E-state index in [1.54, 1.807) is 0 Å². The summed E-state index contributed by atoms with van der Waals surface area (Å²) in [6.07, 6.45) is 2.71. The van der Waals surface area contributed by atoms with Gasteiger partial charge >= 0.3 is 0 Å². The van der Waals surface area contributed by atoms with Gasteiger partial charge in [0, 0.05) is 31.9 Å². The Hall–Kier alpha value is -1.02. The van der Waals surface area contributed by atoms with Crippen molar-refractivity contribution in [3.63, 3.8) is 0 Å². The molecule has 1 N–H and O–H groups in total. The van der Waals surface area contributed by atoms with Gasteiger partial charge < -0.3 is 10.2 Å². The molecule has 0 atom stereocenters. The van der Waals surface area contributed by atoms with E-state index in [9.17, 15) is 0 Å². The molecule has 0 spiro atoms. The lowest BCUT2D eigenvalue weighted by Crippen LogP contribution is -2.29. The normalized spacial score (nSPS) is 15.6. The monoisotopic (exact) mass is 260 g/mol. The van der Waals surface area contributed by atoms with Gasteiger partial charge in [0.25, 0.3) is 0 Å². The third-order valence-corrected chi connectivity index (χ3v) is 3.56. The van der Waals surface area contributed by atoms with Gasteiger partial charge in [-0.05, 0) is 42.4 Å². The number of nitrogens with one attached hydrogen (secondary N) is 1. The van der Waals surface area contributed by atoms with Crippen LogP contribution >= 0.6 is 0 Å². The molecule has 0 bridgehead atoms. The zero-order valence-electron chi connectivity index (χ0n) is 13.1. The molecule has 1 aliphatic carbocycles. The molecule has 0 amide bonds. The van der Waals surface area contributed by atoms with Gasteiger partial charge in [0.1, 0.15) is 0 Å². The zero-order chi connectivity index (χ0) is 14.0. The summed E-state index contributed by atoms with van der Waals surface area (Å²) >= 11 is 0. The Balaban J connectivity index is 2.00. The fourth-order valence-corrected chi connectivity index (χ4v) is 2.60. The zero-order valence-corrected chi connectivity index (χ0v) is 13.1. The predicted molar refractivity (Wildman–Crippen MR) is 83.8 cm³/mol. The summed E-state index contributed by atoms with van der Waals surface area (Å²) in [5.41, 5.74) is 4.46. The van der Waals surface area contributed by atoms with Crippen LogP contribution in [0.2, 0.25) is 0 Å². The molecular formula is C17H28N2. The smallest absolute Gasteiger partial charge is 0.0393 e. The third kappa shape index (κ3) is 4.54. The van der Waals surface area contributed by atoms with E-state index < -0.39 is 0 Å². The number of rotatable bonds is 5. The molecule has 106 valence electrons. The number of hydrogen-bond acceptors (Lipinski definition) is 2. The summed E-state index contributed by atoms with van der Waals surface area (Å²) in [7, 11) is 2.19. The Labute approximate surface area is 118 Å². The van der Waals surface area contributed by atoms with Crippen molar-refractivity contribution in [1.82, 2.24) is 5.32 Å². The standard InChI is InChI=1S/C17H28N2/c1-13-10-14(11-18-15-7-8-15)6-9-16(13)19(5)12-17(2,3)4/h6,9-10,15,18H,7-8,11-12H2,1-5H3. The molecule has 0 saturated heterocycles. The van der Waals surface area contributed by atoms with E-state index >= 15 is 0 Å². The first-order valence-electron chi connectivity index (χ1n) is 7.39. The van der Waals surface area contributed by atoms with Crippen molar-refractivity contribution in [2.45, 2.75) is 53.1 Å². The molecule has 2 rings (SSSR count). The Kier molecular flexibility index (Phi) is 4.19. The van der Waals surface area contributed by atoms with Crippen molar-refractivity contribution in [3.8, 4) is 0 Å². The van der Waals surface area contributed by atoms with Gasteiger partial charge in [0.15, 0.2) is 0 Å². The van der Waals surface area contributed by atoms with Crippen LogP contribution in [-0.4, -0.2) is 19.6 Å². The van der Waals surface area contributed by atoms with E-state index in [0.717, 1.165) is 19.1 Å². The maximum Gasteiger partial charge on any atom is 0.0393 e. The molecule has 1 fully saturated rings. The minimum absolute atomic E-state index is 0.327. The van der Waals surface area contributed by atoms with Gasteiger partial charge in [0.2, 0.25) is 0 Å². The van der Waals surface area contributed by atoms with E-state index in [4.69, 9.17) is 0 Å². The van der Waals surface area contributed by atoms with Crippen LogP contribution in [0.3, 0.4) is 0 Å². The van der Waals surface area contributed by atoms with Crippen LogP contribution in [-0.2, 0) is 6.54 Å². The minimum atomic E-state index is 0.327. The summed E-state index contributed by atoms with van der Waals surface area (Å²) in [6.45, 7) is 11.2. The van der Waals surface area contributed by atoms with Crippen LogP contribution in [0.5, 0.6) is 0 Å². The maximum absolute atomic E-state index is 3.57. The summed E-state index contributed by atoms with van der Waals surface area (Å²) in [4.78, 5) is 2.37. The Bertz CT molecular complexity index is 427. The average molecular weight is 260 g/mol. The predicted octanol–water partition coefficient (Wildman–Crippen LogP) is 3.73. The SMILES string of the molecule is Cc1cc(CNC2CC2)ccc1N(C)CC(C)(C)C. The summed E-state index contributed by atoms with van der Waals surface area (Å²) < 4.78 is 0. The number of anilines is 1. The molecule has 1 aromatic carbocycles. The first-order valence-corrected chi connectivity index (χ1v) is 7.39. The van der Waals surface area contributed by atoms with Gasteiger partial charge in [-0.15, -0.1) is 0 Å². The van der Waals surface area contributed by atoms with Crippen LogP contribution in [0.25, 0.3) is 0 Å². The maximum atomic E-state index is 3.57. The summed E-state index contributed by atoms with van der Waals surface area (Å²) in [5, 5.41) is 3.57. The van der Waals surface area contributed by atoms with Crippen molar-refractivity contribution in [2.75, 3.05) is 18.5 Å². The first kappa shape index (κ1) is 14.4. The third-order valence-electron chi connectivity index (χ3n) is 3.56. The Morgan fingerprint density at radius 1 is 1.26 bits per heavy atom. The molecule has 2 nitrogen and oxygen atoms in total. The largest absolute Gasteiger partial charge is 0.374 e. The molecule has 0 heterocycles. The van der Waals surface area contributed by atoms with E-state index in [0.29, 0.717) is 5.41 Å². The van der Waals surface area contributed by atoms with Crippen molar-refractivity contribution < 1.29 is 0 Å². The molecule has 0 aliphatic heterocycles. The van der Waals surface area contributed by atoms with Gasteiger partial charge in [0.05, 0.1) is 0 Å². The second kappa shape index (κ2) is 5.54. The lowest BCUT2D eigenvalue weighted by Gasteiger charge is -2.29. The number of aryl methyl sites for hydroxylation is 1. The van der Waals surface area contributed by atoms with E-state index in [1.807, 2.05) is 0 Å². The highest BCUT2D eigenvalue weighted by Crippen LogP contribution is 2.25. The summed E-state index contributed by atoms with van der Waals surface area (Å²) in [6, 6.07) is 7.63. The second-order valence-corrected chi connectivity index (χ2v) is 7.19. The average Bonchev–Trinajstić information content (AvgIpc) is 3.07. The van der Waals surface area contributed by atoms with Crippen molar-refractivity contribution in [3.05, 3.63) is 29.3 Å². The Morgan fingerprint density at radius 3 is 2.47 bits per heavy atom. The van der Waals surface area contributed by atoms with E-state index in [1.165, 1.54) is 29.7 Å². The lowest BCUT2D eigenvalue weighted by molar-refractivity contribution is 0.419. The Morgan fingerprint density at radius 2 is 1.95 bits per heavy atom. The van der Waals surface area contributed by atoms with Gasteiger partial charge in [-0.25, -0.2) is 0 Å². The molecule has 0 radical (unpaired) electrons. The van der Waals surface area contributed by atoms with Gasteiger partial charge in [-0.2, -0.15) is 0 Å². The van der Waals surface area contributed by atoms with Crippen LogP contribution in [0.1, 0.15) is 44.7 Å². The molecule has 1 saturated carbocycles. The second-order valence-electron chi connectivity index (χ2n) is 7.19. The molecule has 1 aliphatic rings.